The second-order valence-corrected chi connectivity index (χ2v) is 8.83. The Labute approximate surface area is 209 Å². The van der Waals surface area contributed by atoms with Gasteiger partial charge in [-0.2, -0.15) is 0 Å². The molecule has 2 aromatic rings. The fraction of sp³-hybridized carbons (Fsp3) is 0.360. The van der Waals surface area contributed by atoms with Gasteiger partial charge in [0.05, 0.1) is 11.1 Å². The van der Waals surface area contributed by atoms with E-state index in [4.69, 9.17) is 23.2 Å². The van der Waals surface area contributed by atoms with Crippen LogP contribution in [0, 0.1) is 0 Å². The maximum absolute atomic E-state index is 13.3. The van der Waals surface area contributed by atoms with Crippen LogP contribution < -0.4 is 5.32 Å². The Kier molecular flexibility index (Phi) is 8.69. The van der Waals surface area contributed by atoms with Crippen LogP contribution in [0.1, 0.15) is 59.4 Å². The van der Waals surface area contributed by atoms with E-state index in [0.717, 1.165) is 0 Å². The van der Waals surface area contributed by atoms with Crippen molar-refractivity contribution in [1.29, 1.82) is 0 Å². The van der Waals surface area contributed by atoms with Crippen LogP contribution in [0.2, 0.25) is 10.0 Å². The topological polar surface area (TPSA) is 86.8 Å². The van der Waals surface area contributed by atoms with Crippen LogP contribution in [0.25, 0.3) is 0 Å². The number of nitrogens with zero attached hydrogens (tertiary/aromatic N) is 2. The molecule has 0 saturated carbocycles. The first-order chi connectivity index (χ1) is 16.3. The van der Waals surface area contributed by atoms with Crippen molar-refractivity contribution in [2.75, 3.05) is 13.1 Å². The summed E-state index contributed by atoms with van der Waals surface area (Å²) >= 11 is 12.3. The Hall–Kier alpha value is -2.90. The summed E-state index contributed by atoms with van der Waals surface area (Å²) in [4.78, 5) is 53.8. The Balaban J connectivity index is 1.72. The molecule has 1 N–H and O–H groups in total. The Morgan fingerprint density at radius 3 is 2.24 bits per heavy atom. The minimum absolute atomic E-state index is 0.0640. The van der Waals surface area contributed by atoms with Crippen LogP contribution in [-0.4, -0.2) is 52.6 Å². The van der Waals surface area contributed by atoms with E-state index in [9.17, 15) is 19.2 Å². The van der Waals surface area contributed by atoms with Gasteiger partial charge >= 0.3 is 0 Å². The number of fused-ring (bicyclic) bond motifs is 1. The average Bonchev–Trinajstić information content (AvgIpc) is 3.05. The second-order valence-electron chi connectivity index (χ2n) is 7.99. The van der Waals surface area contributed by atoms with Crippen LogP contribution in [-0.2, 0) is 16.1 Å². The molecule has 2 aromatic carbocycles. The molecule has 0 aliphatic carbocycles. The van der Waals surface area contributed by atoms with Gasteiger partial charge in [0.2, 0.25) is 11.8 Å². The summed E-state index contributed by atoms with van der Waals surface area (Å²) in [5.74, 6) is -1.22. The molecule has 180 valence electrons. The standard InChI is InChI=1S/C25H27Cl2N3O4/c1-3-21(23(32)28-4-2)30(15-16-11-12-17(26)14-20(16)27)22(31)10-7-13-29-24(33)18-8-5-6-9-19(18)25(29)34/h5-6,8-9,11-12,14,21H,3-4,7,10,13,15H2,1-2H3,(H,28,32)/t21-/m0/s1. The number of carbonyl (C=O) groups is 4. The van der Waals surface area contributed by atoms with Gasteiger partial charge in [-0.3, -0.25) is 24.1 Å². The molecular weight excluding hydrogens is 477 g/mol. The van der Waals surface area contributed by atoms with Crippen molar-refractivity contribution in [3.8, 4) is 0 Å². The quantitative estimate of drug-likeness (QED) is 0.489. The molecule has 3 rings (SSSR count). The van der Waals surface area contributed by atoms with Crippen molar-refractivity contribution in [3.63, 3.8) is 0 Å². The second kappa shape index (κ2) is 11.5. The molecule has 7 nitrogen and oxygen atoms in total. The number of hydrogen-bond donors (Lipinski definition) is 1. The molecule has 0 radical (unpaired) electrons. The number of halogens is 2. The Morgan fingerprint density at radius 1 is 1.03 bits per heavy atom. The lowest BCUT2D eigenvalue weighted by molar-refractivity contribution is -0.141. The van der Waals surface area contributed by atoms with Crippen molar-refractivity contribution < 1.29 is 19.2 Å². The van der Waals surface area contributed by atoms with Crippen LogP contribution in [0.4, 0.5) is 0 Å². The lowest BCUT2D eigenvalue weighted by Crippen LogP contribution is -2.49. The summed E-state index contributed by atoms with van der Waals surface area (Å²) in [7, 11) is 0. The summed E-state index contributed by atoms with van der Waals surface area (Å²) in [6.07, 6.45) is 0.761. The summed E-state index contributed by atoms with van der Waals surface area (Å²) in [5.41, 5.74) is 1.42. The third-order valence-electron chi connectivity index (χ3n) is 5.74. The zero-order valence-electron chi connectivity index (χ0n) is 19.1. The number of carbonyl (C=O) groups excluding carboxylic acids is 4. The summed E-state index contributed by atoms with van der Waals surface area (Å²) in [6, 6.07) is 11.0. The number of amides is 4. The van der Waals surface area contributed by atoms with E-state index in [0.29, 0.717) is 39.7 Å². The van der Waals surface area contributed by atoms with Crippen LogP contribution in [0.5, 0.6) is 0 Å². The van der Waals surface area contributed by atoms with E-state index in [2.05, 4.69) is 5.32 Å². The summed E-state index contributed by atoms with van der Waals surface area (Å²) < 4.78 is 0. The van der Waals surface area contributed by atoms with Crippen molar-refractivity contribution in [1.82, 2.24) is 15.1 Å². The van der Waals surface area contributed by atoms with Gasteiger partial charge in [-0.1, -0.05) is 48.3 Å². The van der Waals surface area contributed by atoms with Gasteiger partial charge in [-0.05, 0) is 49.6 Å². The van der Waals surface area contributed by atoms with Gasteiger partial charge in [0.25, 0.3) is 11.8 Å². The molecule has 9 heteroatoms. The van der Waals surface area contributed by atoms with Gasteiger partial charge < -0.3 is 10.2 Å². The molecule has 0 bridgehead atoms. The first-order valence-corrected chi connectivity index (χ1v) is 12.0. The predicted octanol–water partition coefficient (Wildman–Crippen LogP) is 4.31. The number of imide groups is 1. The number of nitrogens with one attached hydrogen (secondary N) is 1. The molecule has 0 unspecified atom stereocenters. The van der Waals surface area contributed by atoms with Crippen molar-refractivity contribution >= 4 is 46.8 Å². The maximum Gasteiger partial charge on any atom is 0.261 e. The molecule has 1 aliphatic heterocycles. The molecule has 0 spiro atoms. The van der Waals surface area contributed by atoms with Crippen molar-refractivity contribution in [3.05, 3.63) is 69.2 Å². The van der Waals surface area contributed by atoms with E-state index >= 15 is 0 Å². The molecule has 0 aromatic heterocycles. The minimum atomic E-state index is -0.682. The zero-order chi connectivity index (χ0) is 24.8. The van der Waals surface area contributed by atoms with Gasteiger partial charge in [0.15, 0.2) is 0 Å². The Morgan fingerprint density at radius 2 is 1.68 bits per heavy atom. The summed E-state index contributed by atoms with van der Waals surface area (Å²) in [6.45, 7) is 4.35. The first kappa shape index (κ1) is 25.7. The largest absolute Gasteiger partial charge is 0.355 e. The molecule has 1 aliphatic rings. The third-order valence-corrected chi connectivity index (χ3v) is 6.33. The first-order valence-electron chi connectivity index (χ1n) is 11.2. The fourth-order valence-electron chi connectivity index (χ4n) is 4.02. The van der Waals surface area contributed by atoms with Crippen LogP contribution in [0.15, 0.2) is 42.5 Å². The lowest BCUT2D eigenvalue weighted by atomic mass is 10.1. The Bertz CT molecular complexity index is 1070. The van der Waals surface area contributed by atoms with E-state index in [1.165, 1.54) is 9.80 Å². The molecular formula is C25H27Cl2N3O4. The SMILES string of the molecule is CCNC(=O)[C@H](CC)N(Cc1ccc(Cl)cc1Cl)C(=O)CCCN1C(=O)c2ccccc2C1=O. The number of hydrogen-bond acceptors (Lipinski definition) is 4. The average molecular weight is 504 g/mol. The van der Waals surface area contributed by atoms with E-state index < -0.39 is 6.04 Å². The van der Waals surface area contributed by atoms with Gasteiger partial charge in [0, 0.05) is 36.1 Å². The smallest absolute Gasteiger partial charge is 0.261 e. The summed E-state index contributed by atoms with van der Waals surface area (Å²) in [5, 5.41) is 3.66. The van der Waals surface area contributed by atoms with Crippen molar-refractivity contribution in [2.45, 2.75) is 45.7 Å². The highest BCUT2D eigenvalue weighted by Crippen LogP contribution is 2.25. The molecule has 0 saturated heterocycles. The van der Waals surface area contributed by atoms with Gasteiger partial charge in [-0.15, -0.1) is 0 Å². The maximum atomic E-state index is 13.3. The van der Waals surface area contributed by atoms with E-state index in [1.807, 2.05) is 13.8 Å². The predicted molar refractivity (Wildman–Crippen MR) is 131 cm³/mol. The molecule has 4 amide bonds. The number of rotatable bonds is 10. The normalized spacial score (nSPS) is 13.6. The van der Waals surface area contributed by atoms with Crippen LogP contribution >= 0.6 is 23.2 Å². The van der Waals surface area contributed by atoms with Gasteiger partial charge in [-0.25, -0.2) is 0 Å². The zero-order valence-corrected chi connectivity index (χ0v) is 20.7. The lowest BCUT2D eigenvalue weighted by Gasteiger charge is -2.31. The molecule has 34 heavy (non-hydrogen) atoms. The molecule has 1 atom stereocenters. The molecule has 0 fully saturated rings. The fourth-order valence-corrected chi connectivity index (χ4v) is 4.49. The number of benzene rings is 2. The van der Waals surface area contributed by atoms with Crippen LogP contribution in [0.3, 0.4) is 0 Å². The third kappa shape index (κ3) is 5.59. The minimum Gasteiger partial charge on any atom is -0.355 e. The van der Waals surface area contributed by atoms with Crippen molar-refractivity contribution in [2.24, 2.45) is 0 Å². The van der Waals surface area contributed by atoms with E-state index in [1.54, 1.807) is 42.5 Å². The highest BCUT2D eigenvalue weighted by Gasteiger charge is 2.35. The number of likely N-dealkylation sites (N-methyl/N-ethyl adjacent to an activating group) is 1. The highest BCUT2D eigenvalue weighted by molar-refractivity contribution is 6.35. The van der Waals surface area contributed by atoms with E-state index in [-0.39, 0.29) is 49.6 Å². The molecule has 1 heterocycles. The monoisotopic (exact) mass is 503 g/mol. The van der Waals surface area contributed by atoms with Gasteiger partial charge in [0.1, 0.15) is 6.04 Å². The highest BCUT2D eigenvalue weighted by atomic mass is 35.5.